The number of Topliss-reactive ketones (excluding diaryl/α,β-unsaturated/α-hetero) is 1. The van der Waals surface area contributed by atoms with Crippen molar-refractivity contribution in [2.75, 3.05) is 0 Å². The van der Waals surface area contributed by atoms with Gasteiger partial charge in [-0.2, -0.15) is 0 Å². The minimum absolute atomic E-state index is 0.0246. The SMILES string of the molecule is CC[C@H]1CCC[C@@H](O)[C@@H](C)C(=O)C2=C[C@@H]3[C@@H](C=C(C)[C@@H]4C[C@@H](O)C[C@@H]34)[C@@H]2CC(=O)O1. The molecule has 0 unspecified atom stereocenters. The van der Waals surface area contributed by atoms with Crippen LogP contribution in [0.15, 0.2) is 23.3 Å². The summed E-state index contributed by atoms with van der Waals surface area (Å²) in [4.78, 5) is 26.2. The fourth-order valence-electron chi connectivity index (χ4n) is 6.49. The van der Waals surface area contributed by atoms with E-state index < -0.39 is 12.0 Å². The Morgan fingerprint density at radius 3 is 2.57 bits per heavy atom. The first-order valence-electron chi connectivity index (χ1n) is 11.8. The van der Waals surface area contributed by atoms with Gasteiger partial charge in [0.25, 0.3) is 0 Å². The molecule has 30 heavy (non-hydrogen) atoms. The number of aliphatic hydroxyl groups is 2. The maximum atomic E-state index is 13.4. The van der Waals surface area contributed by atoms with Crippen molar-refractivity contribution in [1.29, 1.82) is 0 Å². The summed E-state index contributed by atoms with van der Waals surface area (Å²) < 4.78 is 5.77. The normalized spacial score (nSPS) is 44.6. The lowest BCUT2D eigenvalue weighted by molar-refractivity contribution is -0.151. The van der Waals surface area contributed by atoms with Crippen LogP contribution in [0.4, 0.5) is 0 Å². The smallest absolute Gasteiger partial charge is 0.306 e. The topological polar surface area (TPSA) is 83.8 Å². The highest BCUT2D eigenvalue weighted by molar-refractivity contribution is 5.99. The van der Waals surface area contributed by atoms with Crippen LogP contribution in [0.1, 0.15) is 65.7 Å². The van der Waals surface area contributed by atoms with Crippen molar-refractivity contribution < 1.29 is 24.5 Å². The molecule has 5 nitrogen and oxygen atoms in total. The van der Waals surface area contributed by atoms with Crippen molar-refractivity contribution in [2.24, 2.45) is 35.5 Å². The first-order valence-corrected chi connectivity index (χ1v) is 11.8. The van der Waals surface area contributed by atoms with Crippen molar-refractivity contribution in [3.8, 4) is 0 Å². The fourth-order valence-corrected chi connectivity index (χ4v) is 6.49. The van der Waals surface area contributed by atoms with Gasteiger partial charge >= 0.3 is 5.97 Å². The van der Waals surface area contributed by atoms with E-state index in [-0.39, 0.29) is 48.1 Å². The number of ketones is 1. The second-order valence-electron chi connectivity index (χ2n) is 10.1. The number of hydrogen-bond donors (Lipinski definition) is 2. The molecule has 0 aromatic rings. The van der Waals surface area contributed by atoms with E-state index in [0.717, 1.165) is 32.1 Å². The molecule has 4 rings (SSSR count). The van der Waals surface area contributed by atoms with Crippen LogP contribution in [0.3, 0.4) is 0 Å². The number of carbonyl (C=O) groups excluding carboxylic acids is 2. The van der Waals surface area contributed by atoms with Crippen LogP contribution >= 0.6 is 0 Å². The zero-order chi connectivity index (χ0) is 21.6. The average Bonchev–Trinajstić information content (AvgIpc) is 3.26. The van der Waals surface area contributed by atoms with Gasteiger partial charge in [0.15, 0.2) is 5.78 Å². The number of ether oxygens (including phenoxy) is 1. The second kappa shape index (κ2) is 8.58. The van der Waals surface area contributed by atoms with E-state index >= 15 is 0 Å². The van der Waals surface area contributed by atoms with Gasteiger partial charge in [-0.05, 0) is 74.7 Å². The number of fused-ring (bicyclic) bond motifs is 5. The van der Waals surface area contributed by atoms with Crippen LogP contribution in [0.2, 0.25) is 0 Å². The molecule has 0 aromatic heterocycles. The molecule has 3 aliphatic carbocycles. The third kappa shape index (κ3) is 3.91. The van der Waals surface area contributed by atoms with Crippen molar-refractivity contribution >= 4 is 11.8 Å². The van der Waals surface area contributed by atoms with Crippen LogP contribution in [-0.2, 0) is 14.3 Å². The fraction of sp³-hybridized carbons (Fsp3) is 0.760. The van der Waals surface area contributed by atoms with Crippen molar-refractivity contribution in [1.82, 2.24) is 0 Å². The summed E-state index contributed by atoms with van der Waals surface area (Å²) >= 11 is 0. The summed E-state index contributed by atoms with van der Waals surface area (Å²) in [6.45, 7) is 5.96. The van der Waals surface area contributed by atoms with Gasteiger partial charge in [0.05, 0.1) is 18.6 Å². The quantitative estimate of drug-likeness (QED) is 0.504. The van der Waals surface area contributed by atoms with Gasteiger partial charge in [0, 0.05) is 11.8 Å². The summed E-state index contributed by atoms with van der Waals surface area (Å²) in [6.07, 6.45) is 7.76. The molecule has 0 bridgehead atoms. The van der Waals surface area contributed by atoms with Gasteiger partial charge in [-0.15, -0.1) is 0 Å². The molecule has 4 aliphatic rings. The minimum atomic E-state index is -0.673. The van der Waals surface area contributed by atoms with Crippen molar-refractivity contribution in [2.45, 2.75) is 84.0 Å². The standard InChI is InChI=1S/C25H36O5/c1-4-16-6-5-7-23(27)14(3)25(29)22-11-20-18(21(22)12-24(28)30-16)8-13(2)17-9-15(26)10-19(17)20/h8,11,14-21,23,26-27H,4-7,9-10,12H2,1-3H3/t14-,15-,16+,17+,18-,19-,20-,21+,23-/m1/s1. The zero-order valence-electron chi connectivity index (χ0n) is 18.4. The van der Waals surface area contributed by atoms with Gasteiger partial charge in [-0.3, -0.25) is 9.59 Å². The number of cyclic esters (lactones) is 1. The molecular weight excluding hydrogens is 380 g/mol. The van der Waals surface area contributed by atoms with E-state index in [4.69, 9.17) is 4.74 Å². The zero-order valence-corrected chi connectivity index (χ0v) is 18.4. The molecule has 1 aliphatic heterocycles. The first-order chi connectivity index (χ1) is 14.3. The number of aliphatic hydroxyl groups excluding tert-OH is 2. The highest BCUT2D eigenvalue weighted by Gasteiger charge is 2.51. The monoisotopic (exact) mass is 416 g/mol. The Morgan fingerprint density at radius 2 is 1.83 bits per heavy atom. The molecule has 166 valence electrons. The lowest BCUT2D eigenvalue weighted by Gasteiger charge is -2.37. The van der Waals surface area contributed by atoms with E-state index in [2.05, 4.69) is 19.1 Å². The molecule has 1 saturated carbocycles. The van der Waals surface area contributed by atoms with Crippen LogP contribution in [-0.4, -0.2) is 40.3 Å². The lowest BCUT2D eigenvalue weighted by atomic mass is 9.67. The van der Waals surface area contributed by atoms with E-state index in [1.165, 1.54) is 5.57 Å². The van der Waals surface area contributed by atoms with Crippen LogP contribution in [0.25, 0.3) is 0 Å². The summed E-state index contributed by atoms with van der Waals surface area (Å²) in [6, 6.07) is 0. The predicted molar refractivity (Wildman–Crippen MR) is 113 cm³/mol. The van der Waals surface area contributed by atoms with E-state index in [1.54, 1.807) is 0 Å². The van der Waals surface area contributed by atoms with Gasteiger partial charge in [0.1, 0.15) is 6.10 Å². The molecule has 2 N–H and O–H groups in total. The Balaban J connectivity index is 1.69. The maximum absolute atomic E-state index is 13.4. The average molecular weight is 417 g/mol. The number of esters is 1. The van der Waals surface area contributed by atoms with E-state index in [9.17, 15) is 19.8 Å². The summed E-state index contributed by atoms with van der Waals surface area (Å²) in [5.74, 6) is 0.0227. The van der Waals surface area contributed by atoms with Crippen molar-refractivity contribution in [3.63, 3.8) is 0 Å². The third-order valence-electron chi connectivity index (χ3n) is 8.24. The van der Waals surface area contributed by atoms with Crippen LogP contribution in [0, 0.1) is 35.5 Å². The van der Waals surface area contributed by atoms with Crippen LogP contribution in [0.5, 0.6) is 0 Å². The van der Waals surface area contributed by atoms with Crippen molar-refractivity contribution in [3.05, 3.63) is 23.3 Å². The van der Waals surface area contributed by atoms with Gasteiger partial charge in [-0.25, -0.2) is 0 Å². The molecule has 9 atom stereocenters. The molecule has 2 fully saturated rings. The minimum Gasteiger partial charge on any atom is -0.462 e. The lowest BCUT2D eigenvalue weighted by Crippen LogP contribution is -2.34. The van der Waals surface area contributed by atoms with Gasteiger partial charge in [-0.1, -0.05) is 31.6 Å². The van der Waals surface area contributed by atoms with E-state index in [0.29, 0.717) is 23.8 Å². The molecule has 5 heteroatoms. The Morgan fingerprint density at radius 1 is 1.07 bits per heavy atom. The Bertz CT molecular complexity index is 753. The first kappa shape index (κ1) is 21.8. The third-order valence-corrected chi connectivity index (χ3v) is 8.24. The Kier molecular flexibility index (Phi) is 6.23. The molecule has 0 aromatic carbocycles. The summed E-state index contributed by atoms with van der Waals surface area (Å²) in [5.41, 5.74) is 1.98. The highest BCUT2D eigenvalue weighted by Crippen LogP contribution is 2.55. The molecule has 0 radical (unpaired) electrons. The van der Waals surface area contributed by atoms with E-state index in [1.807, 2.05) is 13.8 Å². The van der Waals surface area contributed by atoms with Gasteiger partial charge < -0.3 is 14.9 Å². The molecule has 1 heterocycles. The van der Waals surface area contributed by atoms with Crippen LogP contribution < -0.4 is 0 Å². The number of hydrogen-bond acceptors (Lipinski definition) is 5. The summed E-state index contributed by atoms with van der Waals surface area (Å²) in [5, 5.41) is 20.9. The molecular formula is C25H36O5. The summed E-state index contributed by atoms with van der Waals surface area (Å²) in [7, 11) is 0. The second-order valence-corrected chi connectivity index (χ2v) is 10.1. The Hall–Kier alpha value is -1.46. The maximum Gasteiger partial charge on any atom is 0.306 e. The molecule has 1 saturated heterocycles. The molecule has 0 spiro atoms. The predicted octanol–water partition coefficient (Wildman–Crippen LogP) is 3.58. The number of allylic oxidation sites excluding steroid dienone is 4. The molecule has 0 amide bonds. The van der Waals surface area contributed by atoms with Gasteiger partial charge in [0.2, 0.25) is 0 Å². The largest absolute Gasteiger partial charge is 0.462 e. The highest BCUT2D eigenvalue weighted by atomic mass is 16.5. The number of carbonyl (C=O) groups is 2. The number of rotatable bonds is 1. The Labute approximate surface area is 179 Å².